The van der Waals surface area contributed by atoms with Gasteiger partial charge in [0, 0.05) is 11.1 Å². The summed E-state index contributed by atoms with van der Waals surface area (Å²) in [4.78, 5) is 12.0. The van der Waals surface area contributed by atoms with Crippen LogP contribution in [0.2, 0.25) is 0 Å². The molecule has 21 heavy (non-hydrogen) atoms. The van der Waals surface area contributed by atoms with Crippen molar-refractivity contribution in [3.05, 3.63) is 65.2 Å². The Bertz CT molecular complexity index is 664. The number of rotatable bonds is 4. The monoisotopic (exact) mass is 282 g/mol. The highest BCUT2D eigenvalue weighted by Crippen LogP contribution is 2.20. The van der Waals surface area contributed by atoms with E-state index in [2.05, 4.69) is 10.5 Å². The van der Waals surface area contributed by atoms with Crippen LogP contribution in [0, 0.1) is 6.92 Å². The molecule has 2 rings (SSSR count). The Labute approximate surface area is 124 Å². The van der Waals surface area contributed by atoms with Gasteiger partial charge in [-0.2, -0.15) is 5.10 Å². The molecule has 0 atom stereocenters. The fourth-order valence-electron chi connectivity index (χ4n) is 1.98. The van der Waals surface area contributed by atoms with E-state index in [-0.39, 0.29) is 11.7 Å². The molecule has 2 aromatic rings. The van der Waals surface area contributed by atoms with Crippen LogP contribution in [0.4, 0.5) is 0 Å². The molecule has 1 amide bonds. The predicted molar refractivity (Wildman–Crippen MR) is 83.6 cm³/mol. The van der Waals surface area contributed by atoms with E-state index in [0.717, 1.165) is 5.56 Å². The molecule has 0 saturated heterocycles. The molecule has 4 heteroatoms. The smallest absolute Gasteiger partial charge is 0.271 e. The average molecular weight is 282 g/mol. The van der Waals surface area contributed by atoms with Crippen molar-refractivity contribution < 1.29 is 9.90 Å². The Morgan fingerprint density at radius 3 is 2.57 bits per heavy atom. The van der Waals surface area contributed by atoms with Crippen LogP contribution < -0.4 is 5.43 Å². The average Bonchev–Trinajstić information content (AvgIpc) is 2.51. The SMILES string of the molecule is CC/C(=N\NC(=O)c1ccccc1)c1cc(C)ccc1O. The number of hydrogen-bond acceptors (Lipinski definition) is 3. The molecule has 0 aromatic heterocycles. The lowest BCUT2D eigenvalue weighted by Crippen LogP contribution is -2.20. The molecule has 0 aliphatic carbocycles. The number of benzene rings is 2. The van der Waals surface area contributed by atoms with Gasteiger partial charge in [-0.3, -0.25) is 4.79 Å². The number of amides is 1. The summed E-state index contributed by atoms with van der Waals surface area (Å²) >= 11 is 0. The summed E-state index contributed by atoms with van der Waals surface area (Å²) in [7, 11) is 0. The van der Waals surface area contributed by atoms with E-state index >= 15 is 0 Å². The first-order chi connectivity index (χ1) is 10.1. The van der Waals surface area contributed by atoms with Gasteiger partial charge in [-0.15, -0.1) is 0 Å². The second-order valence-corrected chi connectivity index (χ2v) is 4.74. The van der Waals surface area contributed by atoms with Crippen LogP contribution in [0.25, 0.3) is 0 Å². The molecule has 0 saturated carbocycles. The number of carbonyl (C=O) groups excluding carboxylic acids is 1. The van der Waals surface area contributed by atoms with Gasteiger partial charge in [0.15, 0.2) is 0 Å². The van der Waals surface area contributed by atoms with E-state index in [9.17, 15) is 9.90 Å². The zero-order chi connectivity index (χ0) is 15.2. The Morgan fingerprint density at radius 1 is 1.19 bits per heavy atom. The number of phenolic OH excluding ortho intramolecular Hbond substituents is 1. The van der Waals surface area contributed by atoms with Crippen LogP contribution in [0.1, 0.15) is 34.8 Å². The fourth-order valence-corrected chi connectivity index (χ4v) is 1.98. The zero-order valence-corrected chi connectivity index (χ0v) is 12.1. The molecule has 0 unspecified atom stereocenters. The number of phenols is 1. The van der Waals surface area contributed by atoms with Gasteiger partial charge < -0.3 is 5.11 Å². The summed E-state index contributed by atoms with van der Waals surface area (Å²) in [5, 5.41) is 14.1. The minimum Gasteiger partial charge on any atom is -0.507 e. The van der Waals surface area contributed by atoms with Gasteiger partial charge in [-0.1, -0.05) is 36.8 Å². The molecular weight excluding hydrogens is 264 g/mol. The van der Waals surface area contributed by atoms with Gasteiger partial charge in [0.1, 0.15) is 5.75 Å². The third kappa shape index (κ3) is 3.69. The predicted octanol–water partition coefficient (Wildman–Crippen LogP) is 3.24. The zero-order valence-electron chi connectivity index (χ0n) is 12.1. The minimum absolute atomic E-state index is 0.162. The van der Waals surface area contributed by atoms with Crippen molar-refractivity contribution in [1.82, 2.24) is 5.43 Å². The number of carbonyl (C=O) groups is 1. The van der Waals surface area contributed by atoms with Crippen LogP contribution in [0.15, 0.2) is 53.6 Å². The molecule has 4 nitrogen and oxygen atoms in total. The Morgan fingerprint density at radius 2 is 1.90 bits per heavy atom. The number of hydrazone groups is 1. The van der Waals surface area contributed by atoms with Gasteiger partial charge in [0.05, 0.1) is 5.71 Å². The van der Waals surface area contributed by atoms with E-state index in [0.29, 0.717) is 23.3 Å². The maximum absolute atomic E-state index is 12.0. The molecule has 2 aromatic carbocycles. The van der Waals surface area contributed by atoms with Crippen LogP contribution in [0.3, 0.4) is 0 Å². The third-order valence-corrected chi connectivity index (χ3v) is 3.13. The summed E-state index contributed by atoms with van der Waals surface area (Å²) in [5.74, 6) is -0.108. The largest absolute Gasteiger partial charge is 0.507 e. The molecular formula is C17H18N2O2. The lowest BCUT2D eigenvalue weighted by atomic mass is 10.0. The Hall–Kier alpha value is -2.62. The quantitative estimate of drug-likeness (QED) is 0.668. The van der Waals surface area contributed by atoms with E-state index in [1.807, 2.05) is 32.0 Å². The van der Waals surface area contributed by atoms with Crippen molar-refractivity contribution >= 4 is 11.6 Å². The molecule has 0 aliphatic heterocycles. The molecule has 0 aliphatic rings. The fraction of sp³-hybridized carbons (Fsp3) is 0.176. The van der Waals surface area contributed by atoms with Gasteiger partial charge in [-0.05, 0) is 37.6 Å². The number of aromatic hydroxyl groups is 1. The topological polar surface area (TPSA) is 61.7 Å². The summed E-state index contributed by atoms with van der Waals surface area (Å²) < 4.78 is 0. The van der Waals surface area contributed by atoms with Crippen molar-refractivity contribution in [2.45, 2.75) is 20.3 Å². The highest BCUT2D eigenvalue weighted by molar-refractivity contribution is 6.04. The third-order valence-electron chi connectivity index (χ3n) is 3.13. The number of nitrogens with one attached hydrogen (secondary N) is 1. The van der Waals surface area contributed by atoms with Crippen molar-refractivity contribution in [1.29, 1.82) is 0 Å². The van der Waals surface area contributed by atoms with E-state index in [1.165, 1.54) is 0 Å². The lowest BCUT2D eigenvalue weighted by Gasteiger charge is -2.08. The van der Waals surface area contributed by atoms with Crippen LogP contribution >= 0.6 is 0 Å². The number of aryl methyl sites for hydroxylation is 1. The molecule has 2 N–H and O–H groups in total. The van der Waals surface area contributed by atoms with E-state index < -0.39 is 0 Å². The first-order valence-corrected chi connectivity index (χ1v) is 6.83. The first kappa shape index (κ1) is 14.8. The highest BCUT2D eigenvalue weighted by atomic mass is 16.3. The lowest BCUT2D eigenvalue weighted by molar-refractivity contribution is 0.0955. The highest BCUT2D eigenvalue weighted by Gasteiger charge is 2.09. The Kier molecular flexibility index (Phi) is 4.72. The van der Waals surface area contributed by atoms with Crippen molar-refractivity contribution in [3.63, 3.8) is 0 Å². The molecule has 0 spiro atoms. The standard InChI is InChI=1S/C17H18N2O2/c1-3-15(14-11-12(2)9-10-16(14)20)18-19-17(21)13-7-5-4-6-8-13/h4-11,20H,3H2,1-2H3,(H,19,21)/b18-15+. The van der Waals surface area contributed by atoms with Crippen molar-refractivity contribution in [3.8, 4) is 5.75 Å². The van der Waals surface area contributed by atoms with Gasteiger partial charge >= 0.3 is 0 Å². The summed E-state index contributed by atoms with van der Waals surface area (Å²) in [5.41, 5.74) is 5.39. The van der Waals surface area contributed by atoms with Crippen LogP contribution in [-0.4, -0.2) is 16.7 Å². The van der Waals surface area contributed by atoms with Gasteiger partial charge in [0.2, 0.25) is 0 Å². The molecule has 0 heterocycles. The maximum atomic E-state index is 12.0. The molecule has 0 radical (unpaired) electrons. The van der Waals surface area contributed by atoms with E-state index in [1.54, 1.807) is 30.3 Å². The second kappa shape index (κ2) is 6.70. The maximum Gasteiger partial charge on any atom is 0.271 e. The minimum atomic E-state index is -0.270. The molecule has 0 bridgehead atoms. The summed E-state index contributed by atoms with van der Waals surface area (Å²) in [6, 6.07) is 14.2. The van der Waals surface area contributed by atoms with Crippen LogP contribution in [0.5, 0.6) is 5.75 Å². The summed E-state index contributed by atoms with van der Waals surface area (Å²) in [6.07, 6.45) is 0.603. The Balaban J connectivity index is 2.21. The van der Waals surface area contributed by atoms with E-state index in [4.69, 9.17) is 0 Å². The van der Waals surface area contributed by atoms with Gasteiger partial charge in [-0.25, -0.2) is 5.43 Å². The van der Waals surface area contributed by atoms with Gasteiger partial charge in [0.25, 0.3) is 5.91 Å². The molecule has 108 valence electrons. The number of hydrogen-bond donors (Lipinski definition) is 2. The normalized spacial score (nSPS) is 11.2. The van der Waals surface area contributed by atoms with Crippen molar-refractivity contribution in [2.75, 3.05) is 0 Å². The van der Waals surface area contributed by atoms with Crippen molar-refractivity contribution in [2.24, 2.45) is 5.10 Å². The van der Waals surface area contributed by atoms with Crippen LogP contribution in [-0.2, 0) is 0 Å². The first-order valence-electron chi connectivity index (χ1n) is 6.83. The second-order valence-electron chi connectivity index (χ2n) is 4.74. The number of nitrogens with zero attached hydrogens (tertiary/aromatic N) is 1. The molecule has 0 fully saturated rings. The summed E-state index contributed by atoms with van der Waals surface area (Å²) in [6.45, 7) is 3.87.